The second-order valence-corrected chi connectivity index (χ2v) is 14.1. The van der Waals surface area contributed by atoms with Gasteiger partial charge in [-0.3, -0.25) is 0 Å². The summed E-state index contributed by atoms with van der Waals surface area (Å²) < 4.78 is 47.9. The van der Waals surface area contributed by atoms with Crippen LogP contribution in [0.15, 0.2) is 83.9 Å². The molecule has 3 aromatic heterocycles. The van der Waals surface area contributed by atoms with Gasteiger partial charge < -0.3 is 14.0 Å². The van der Waals surface area contributed by atoms with Crippen LogP contribution < -0.4 is 9.25 Å². The van der Waals surface area contributed by atoms with E-state index in [2.05, 4.69) is 11.2 Å². The number of aromatic nitrogens is 3. The largest absolute Gasteiger partial charge is 0.744 e. The Hall–Kier alpha value is -4.80. The average Bonchev–Trinajstić information content (AvgIpc) is 3.30. The quantitative estimate of drug-likeness (QED) is 0.144. The number of aryl methyl sites for hydroxylation is 5. The van der Waals surface area contributed by atoms with Gasteiger partial charge in [0.1, 0.15) is 39.3 Å². The molecule has 0 aliphatic heterocycles. The van der Waals surface area contributed by atoms with E-state index < -0.39 is 21.8 Å². The Labute approximate surface area is 275 Å². The third-order valence-corrected chi connectivity index (χ3v) is 8.86. The Kier molecular flexibility index (Phi) is 9.12. The van der Waals surface area contributed by atoms with Crippen molar-refractivity contribution in [3.63, 3.8) is 0 Å². The van der Waals surface area contributed by atoms with Crippen LogP contribution >= 0.6 is 0 Å². The van der Waals surface area contributed by atoms with Crippen LogP contribution in [0.3, 0.4) is 0 Å². The average molecular weight is 654 g/mol. The molecule has 0 unspecified atom stereocenters. The molecule has 0 spiro atoms. The molecule has 0 N–H and O–H groups in total. The summed E-state index contributed by atoms with van der Waals surface area (Å²) in [5.41, 5.74) is 6.79. The summed E-state index contributed by atoms with van der Waals surface area (Å²) in [4.78, 5) is 13.4. The minimum absolute atomic E-state index is 0.0851. The number of carbonyl (C=O) groups is 1. The maximum Gasteiger partial charge on any atom is 0.419 e. The van der Waals surface area contributed by atoms with Gasteiger partial charge in [0.2, 0.25) is 6.20 Å². The summed E-state index contributed by atoms with van der Waals surface area (Å²) in [6, 6.07) is 23.3. The molecular formula is C37H39N3O6S. The van der Waals surface area contributed by atoms with Gasteiger partial charge in [0, 0.05) is 34.1 Å². The van der Waals surface area contributed by atoms with Crippen LogP contribution in [0.1, 0.15) is 54.3 Å². The van der Waals surface area contributed by atoms with E-state index in [0.717, 1.165) is 49.7 Å². The van der Waals surface area contributed by atoms with E-state index in [9.17, 15) is 17.8 Å². The number of benzene rings is 3. The lowest BCUT2D eigenvalue weighted by Crippen LogP contribution is -2.30. The predicted molar refractivity (Wildman–Crippen MR) is 181 cm³/mol. The first-order valence-electron chi connectivity index (χ1n) is 15.2. The highest BCUT2D eigenvalue weighted by molar-refractivity contribution is 7.85. The van der Waals surface area contributed by atoms with Crippen LogP contribution in [-0.4, -0.2) is 34.3 Å². The van der Waals surface area contributed by atoms with Crippen molar-refractivity contribution in [1.82, 2.24) is 9.67 Å². The van der Waals surface area contributed by atoms with Crippen LogP contribution in [0.5, 0.6) is 5.75 Å². The summed E-state index contributed by atoms with van der Waals surface area (Å²) in [5.74, 6) is 0.686. The molecular weight excluding hydrogens is 614 g/mol. The van der Waals surface area contributed by atoms with E-state index in [1.165, 1.54) is 0 Å². The second-order valence-electron chi connectivity index (χ2n) is 12.8. The molecule has 3 aromatic carbocycles. The molecule has 0 bridgehead atoms. The number of pyridine rings is 1. The molecule has 0 fully saturated rings. The Morgan fingerprint density at radius 2 is 1.53 bits per heavy atom. The zero-order chi connectivity index (χ0) is 34.3. The number of rotatable bonds is 4. The number of hydrogen-bond acceptors (Lipinski definition) is 7. The summed E-state index contributed by atoms with van der Waals surface area (Å²) in [6.45, 7) is 15.2. The van der Waals surface area contributed by atoms with Crippen molar-refractivity contribution in [3.8, 4) is 5.75 Å². The molecule has 0 amide bonds. The van der Waals surface area contributed by atoms with E-state index in [4.69, 9.17) is 9.47 Å². The van der Waals surface area contributed by atoms with E-state index in [1.807, 2.05) is 107 Å². The maximum atomic E-state index is 13.5. The molecule has 9 nitrogen and oxygen atoms in total. The molecule has 0 saturated carbocycles. The van der Waals surface area contributed by atoms with Crippen molar-refractivity contribution in [1.29, 1.82) is 0 Å². The zero-order valence-corrected chi connectivity index (χ0v) is 28.7. The van der Waals surface area contributed by atoms with Crippen LogP contribution in [0.25, 0.3) is 27.3 Å². The van der Waals surface area contributed by atoms with Crippen LogP contribution in [-0.2, 0) is 21.5 Å². The topological polar surface area (TPSA) is 115 Å². The van der Waals surface area contributed by atoms with Crippen LogP contribution in [0.4, 0.5) is 4.79 Å². The van der Waals surface area contributed by atoms with Gasteiger partial charge >= 0.3 is 6.09 Å². The number of hydrogen-bond donors (Lipinski definition) is 0. The fourth-order valence-corrected chi connectivity index (χ4v) is 6.62. The van der Waals surface area contributed by atoms with Gasteiger partial charge in [0.25, 0.3) is 5.52 Å². The lowest BCUT2D eigenvalue weighted by molar-refractivity contribution is -0.580. The molecule has 3 heterocycles. The van der Waals surface area contributed by atoms with Gasteiger partial charge in [0.15, 0.2) is 0 Å². The number of nitrogens with zero attached hydrogens (tertiary/aromatic N) is 3. The first-order chi connectivity index (χ1) is 22.0. The lowest BCUT2D eigenvalue weighted by Gasteiger charge is -2.20. The summed E-state index contributed by atoms with van der Waals surface area (Å²) in [6.07, 6.45) is 1.50. The van der Waals surface area contributed by atoms with Gasteiger partial charge in [-0.15, -0.1) is 0 Å². The zero-order valence-electron chi connectivity index (χ0n) is 27.9. The molecule has 10 heteroatoms. The Morgan fingerprint density at radius 1 is 0.872 bits per heavy atom. The summed E-state index contributed by atoms with van der Waals surface area (Å²) in [7, 11) is -4.33. The lowest BCUT2D eigenvalue weighted by atomic mass is 10.1. The van der Waals surface area contributed by atoms with Crippen molar-refractivity contribution < 1.29 is 31.8 Å². The highest BCUT2D eigenvalue weighted by atomic mass is 32.2. The Balaban J connectivity index is 0.000000281. The molecule has 0 aliphatic carbocycles. The molecule has 47 heavy (non-hydrogen) atoms. The first-order valence-corrected chi connectivity index (χ1v) is 16.7. The second kappa shape index (κ2) is 12.8. The highest BCUT2D eigenvalue weighted by Crippen LogP contribution is 2.34. The van der Waals surface area contributed by atoms with Crippen LogP contribution in [0.2, 0.25) is 0 Å². The molecule has 0 aliphatic rings. The first kappa shape index (κ1) is 33.6. The van der Waals surface area contributed by atoms with Gasteiger partial charge in [-0.1, -0.05) is 52.5 Å². The van der Waals surface area contributed by atoms with Crippen LogP contribution in [0, 0.1) is 34.6 Å². The van der Waals surface area contributed by atoms with E-state index in [1.54, 1.807) is 30.5 Å². The number of ether oxygens (including phenoxy) is 2. The molecule has 6 rings (SSSR count). The van der Waals surface area contributed by atoms with Crippen molar-refractivity contribution in [2.75, 3.05) is 0 Å². The molecule has 0 saturated heterocycles. The maximum absolute atomic E-state index is 13.5. The standard InChI is InChI=1S/C28H28N3O3.C9H12O3S/c1-18-15-25-26-23(13-14-30(25)29-19(18)2)22-12-11-21(33-17-20-9-7-6-8-10-20)16-24(22)31(26)27(32)34-28(3,4)5;1-6-4-7(2)9(8(3)5-6)13(10,11)12/h6-16H,17H2,1-5H3;4-5H,1-3H3,(H,10,11,12)/q+1;/p-1. The molecule has 0 atom stereocenters. The molecule has 244 valence electrons. The van der Waals surface area contributed by atoms with Crippen molar-refractivity contribution in [3.05, 3.63) is 113 Å². The van der Waals surface area contributed by atoms with E-state index in [-0.39, 0.29) is 4.90 Å². The predicted octanol–water partition coefficient (Wildman–Crippen LogP) is 7.42. The van der Waals surface area contributed by atoms with E-state index in [0.29, 0.717) is 23.5 Å². The summed E-state index contributed by atoms with van der Waals surface area (Å²) in [5, 5.41) is 6.59. The SMILES string of the molecule is Cc1cc(C)c(S(=O)(=O)[O-])c(C)c1.Cc1cc2c3c(cc[n+]2nc1C)c1ccc(OCc2ccccc2)cc1n3C(=O)OC(C)(C)C. The third-order valence-electron chi connectivity index (χ3n) is 7.71. The summed E-state index contributed by atoms with van der Waals surface area (Å²) >= 11 is 0. The fourth-order valence-electron chi connectivity index (χ4n) is 5.71. The molecule has 6 aromatic rings. The third kappa shape index (κ3) is 7.29. The van der Waals surface area contributed by atoms with Gasteiger partial charge in [-0.05, 0) is 89.8 Å². The van der Waals surface area contributed by atoms with Gasteiger partial charge in [0.05, 0.1) is 10.4 Å². The number of fused-ring (bicyclic) bond motifs is 5. The number of carbonyl (C=O) groups excluding carboxylic acids is 1. The van der Waals surface area contributed by atoms with Gasteiger partial charge in [-0.25, -0.2) is 17.8 Å². The fraction of sp³-hybridized carbons (Fsp3) is 0.270. The minimum Gasteiger partial charge on any atom is -0.744 e. The van der Waals surface area contributed by atoms with Crippen molar-refractivity contribution >= 4 is 43.5 Å². The minimum atomic E-state index is -4.33. The monoisotopic (exact) mass is 653 g/mol. The van der Waals surface area contributed by atoms with Gasteiger partial charge in [-0.2, -0.15) is 0 Å². The normalized spacial score (nSPS) is 11.9. The van der Waals surface area contributed by atoms with Crippen molar-refractivity contribution in [2.24, 2.45) is 0 Å². The Bertz CT molecular complexity index is 2230. The van der Waals surface area contributed by atoms with Crippen molar-refractivity contribution in [2.45, 2.75) is 72.5 Å². The Morgan fingerprint density at radius 3 is 2.15 bits per heavy atom. The highest BCUT2D eigenvalue weighted by Gasteiger charge is 2.27. The smallest absolute Gasteiger partial charge is 0.419 e. The van der Waals surface area contributed by atoms with E-state index >= 15 is 0 Å². The molecule has 0 radical (unpaired) electrons.